The second kappa shape index (κ2) is 5.77. The number of carboxylic acid groups (broad SMARTS) is 1. The van der Waals surface area contributed by atoms with Crippen molar-refractivity contribution < 1.29 is 9.90 Å². The summed E-state index contributed by atoms with van der Waals surface area (Å²) in [7, 11) is 0. The molecule has 0 aliphatic rings. The van der Waals surface area contributed by atoms with Crippen LogP contribution >= 0.6 is 0 Å². The highest BCUT2D eigenvalue weighted by molar-refractivity contribution is 5.90. The van der Waals surface area contributed by atoms with Crippen molar-refractivity contribution in [1.82, 2.24) is 20.2 Å². The van der Waals surface area contributed by atoms with Crippen LogP contribution in [0.25, 0.3) is 16.8 Å². The molecular formula is C16H14N4O2. The van der Waals surface area contributed by atoms with E-state index in [-0.39, 0.29) is 5.56 Å². The second-order valence-corrected chi connectivity index (χ2v) is 4.88. The first-order valence-electron chi connectivity index (χ1n) is 6.88. The van der Waals surface area contributed by atoms with Gasteiger partial charge in [-0.1, -0.05) is 31.2 Å². The van der Waals surface area contributed by atoms with E-state index in [9.17, 15) is 9.90 Å². The predicted molar refractivity (Wildman–Crippen MR) is 80.9 cm³/mol. The van der Waals surface area contributed by atoms with Crippen molar-refractivity contribution in [1.29, 1.82) is 0 Å². The zero-order valence-corrected chi connectivity index (χ0v) is 12.0. The third-order valence-electron chi connectivity index (χ3n) is 3.47. The molecule has 1 heterocycles. The maximum Gasteiger partial charge on any atom is 0.335 e. The number of aromatic nitrogens is 4. The van der Waals surface area contributed by atoms with Crippen LogP contribution in [0.1, 0.15) is 22.8 Å². The number of aryl methyl sites for hydroxylation is 1. The molecule has 0 atom stereocenters. The Morgan fingerprint density at radius 3 is 2.50 bits per heavy atom. The summed E-state index contributed by atoms with van der Waals surface area (Å²) in [5.41, 5.74) is 3.81. The molecule has 0 unspecified atom stereocenters. The Kier molecular flexibility index (Phi) is 3.65. The summed E-state index contributed by atoms with van der Waals surface area (Å²) < 4.78 is 1.44. The molecule has 3 rings (SSSR count). The molecule has 0 fully saturated rings. The van der Waals surface area contributed by atoms with Crippen molar-refractivity contribution in [3.8, 4) is 16.8 Å². The minimum absolute atomic E-state index is 0.197. The summed E-state index contributed by atoms with van der Waals surface area (Å²) in [6.45, 7) is 2.09. The molecule has 0 aliphatic heterocycles. The standard InChI is InChI=1S/C16H14N4O2/c1-2-11-3-5-12(6-4-11)13-7-14(16(21)22)9-15(8-13)20-10-17-18-19-20/h3-10H,2H2,1H3,(H,21,22). The third kappa shape index (κ3) is 2.71. The number of benzene rings is 2. The van der Waals surface area contributed by atoms with Crippen LogP contribution in [0.4, 0.5) is 0 Å². The third-order valence-corrected chi connectivity index (χ3v) is 3.47. The summed E-state index contributed by atoms with van der Waals surface area (Å²) >= 11 is 0. The highest BCUT2D eigenvalue weighted by Gasteiger charge is 2.10. The molecule has 1 N–H and O–H groups in total. The molecule has 0 amide bonds. The number of rotatable bonds is 4. The van der Waals surface area contributed by atoms with Gasteiger partial charge in [0.2, 0.25) is 0 Å². The normalized spacial score (nSPS) is 10.6. The summed E-state index contributed by atoms with van der Waals surface area (Å²) in [4.78, 5) is 11.3. The highest BCUT2D eigenvalue weighted by Crippen LogP contribution is 2.24. The van der Waals surface area contributed by atoms with Crippen LogP contribution in [0.5, 0.6) is 0 Å². The van der Waals surface area contributed by atoms with Gasteiger partial charge in [0.1, 0.15) is 6.33 Å². The van der Waals surface area contributed by atoms with E-state index in [1.165, 1.54) is 16.6 Å². The molecule has 2 aromatic carbocycles. The van der Waals surface area contributed by atoms with Gasteiger partial charge in [0.25, 0.3) is 0 Å². The zero-order valence-electron chi connectivity index (χ0n) is 12.0. The van der Waals surface area contributed by atoms with E-state index in [0.717, 1.165) is 17.5 Å². The molecule has 0 aliphatic carbocycles. The summed E-state index contributed by atoms with van der Waals surface area (Å²) in [6.07, 6.45) is 2.40. The van der Waals surface area contributed by atoms with Gasteiger partial charge < -0.3 is 5.11 Å². The molecular weight excluding hydrogens is 280 g/mol. The van der Waals surface area contributed by atoms with Crippen molar-refractivity contribution in [3.63, 3.8) is 0 Å². The van der Waals surface area contributed by atoms with Gasteiger partial charge in [-0.3, -0.25) is 0 Å². The molecule has 1 aromatic heterocycles. The fourth-order valence-electron chi connectivity index (χ4n) is 2.25. The first-order chi connectivity index (χ1) is 10.7. The Labute approximate surface area is 127 Å². The summed E-state index contributed by atoms with van der Waals surface area (Å²) in [5, 5.41) is 20.3. The topological polar surface area (TPSA) is 80.9 Å². The monoisotopic (exact) mass is 294 g/mol. The van der Waals surface area contributed by atoms with Crippen molar-refractivity contribution in [3.05, 3.63) is 59.9 Å². The quantitative estimate of drug-likeness (QED) is 0.800. The van der Waals surface area contributed by atoms with Gasteiger partial charge in [-0.15, -0.1) is 5.10 Å². The first-order valence-corrected chi connectivity index (χ1v) is 6.88. The molecule has 3 aromatic rings. The molecule has 110 valence electrons. The van der Waals surface area contributed by atoms with E-state index in [1.807, 2.05) is 30.3 Å². The Bertz CT molecular complexity index is 796. The lowest BCUT2D eigenvalue weighted by molar-refractivity contribution is 0.0697. The van der Waals surface area contributed by atoms with Crippen molar-refractivity contribution in [2.24, 2.45) is 0 Å². The number of hydrogen-bond acceptors (Lipinski definition) is 4. The number of carboxylic acids is 1. The summed E-state index contributed by atoms with van der Waals surface area (Å²) in [5.74, 6) is -0.985. The average molecular weight is 294 g/mol. The predicted octanol–water partition coefficient (Wildman–Crippen LogP) is 2.59. The van der Waals surface area contributed by atoms with Crippen LogP contribution in [-0.2, 0) is 6.42 Å². The lowest BCUT2D eigenvalue weighted by Crippen LogP contribution is -2.02. The molecule has 0 bridgehead atoms. The zero-order chi connectivity index (χ0) is 15.5. The van der Waals surface area contributed by atoms with Gasteiger partial charge in [-0.25, -0.2) is 9.48 Å². The molecule has 0 saturated heterocycles. The fraction of sp³-hybridized carbons (Fsp3) is 0.125. The van der Waals surface area contributed by atoms with Crippen molar-refractivity contribution >= 4 is 5.97 Å². The van der Waals surface area contributed by atoms with E-state index in [4.69, 9.17) is 0 Å². The molecule has 6 heteroatoms. The molecule has 0 saturated carbocycles. The smallest absolute Gasteiger partial charge is 0.335 e. The maximum atomic E-state index is 11.3. The van der Waals surface area contributed by atoms with Crippen LogP contribution < -0.4 is 0 Å². The molecule has 0 radical (unpaired) electrons. The lowest BCUT2D eigenvalue weighted by Gasteiger charge is -2.08. The molecule has 6 nitrogen and oxygen atoms in total. The van der Waals surface area contributed by atoms with Gasteiger partial charge in [0.15, 0.2) is 0 Å². The number of aromatic carboxylic acids is 1. The molecule has 22 heavy (non-hydrogen) atoms. The van der Waals surface area contributed by atoms with Gasteiger partial charge in [-0.05, 0) is 51.7 Å². The Hall–Kier alpha value is -3.02. The van der Waals surface area contributed by atoms with Crippen LogP contribution in [0.15, 0.2) is 48.8 Å². The van der Waals surface area contributed by atoms with E-state index >= 15 is 0 Å². The highest BCUT2D eigenvalue weighted by atomic mass is 16.4. The number of hydrogen-bond donors (Lipinski definition) is 1. The van der Waals surface area contributed by atoms with E-state index in [1.54, 1.807) is 12.1 Å². The van der Waals surface area contributed by atoms with Gasteiger partial charge in [0, 0.05) is 0 Å². The van der Waals surface area contributed by atoms with Crippen LogP contribution in [0.3, 0.4) is 0 Å². The minimum atomic E-state index is -0.985. The van der Waals surface area contributed by atoms with Gasteiger partial charge in [0.05, 0.1) is 11.3 Å². The van der Waals surface area contributed by atoms with Gasteiger partial charge >= 0.3 is 5.97 Å². The van der Waals surface area contributed by atoms with Crippen LogP contribution in [0.2, 0.25) is 0 Å². The van der Waals surface area contributed by atoms with E-state index in [0.29, 0.717) is 5.69 Å². The lowest BCUT2D eigenvalue weighted by atomic mass is 10.0. The van der Waals surface area contributed by atoms with Crippen LogP contribution in [-0.4, -0.2) is 31.3 Å². The van der Waals surface area contributed by atoms with Gasteiger partial charge in [-0.2, -0.15) is 0 Å². The number of tetrazole rings is 1. The SMILES string of the molecule is CCc1ccc(-c2cc(C(=O)O)cc(-n3cnnn3)c2)cc1. The Morgan fingerprint density at radius 1 is 1.14 bits per heavy atom. The second-order valence-electron chi connectivity index (χ2n) is 4.88. The minimum Gasteiger partial charge on any atom is -0.478 e. The van der Waals surface area contributed by atoms with E-state index in [2.05, 4.69) is 22.4 Å². The maximum absolute atomic E-state index is 11.3. The van der Waals surface area contributed by atoms with E-state index < -0.39 is 5.97 Å². The summed E-state index contributed by atoms with van der Waals surface area (Å²) in [6, 6.07) is 13.1. The van der Waals surface area contributed by atoms with Crippen molar-refractivity contribution in [2.45, 2.75) is 13.3 Å². The number of nitrogens with zero attached hydrogens (tertiary/aromatic N) is 4. The molecule has 0 spiro atoms. The Morgan fingerprint density at radius 2 is 1.91 bits per heavy atom. The Balaban J connectivity index is 2.11. The van der Waals surface area contributed by atoms with Crippen molar-refractivity contribution in [2.75, 3.05) is 0 Å². The number of carbonyl (C=O) groups is 1. The fourth-order valence-corrected chi connectivity index (χ4v) is 2.25. The first kappa shape index (κ1) is 13.9. The largest absolute Gasteiger partial charge is 0.478 e. The van der Waals surface area contributed by atoms with Crippen LogP contribution in [0, 0.1) is 0 Å². The average Bonchev–Trinajstić information content (AvgIpc) is 3.09.